The summed E-state index contributed by atoms with van der Waals surface area (Å²) < 4.78 is 16.6. The lowest BCUT2D eigenvalue weighted by Crippen LogP contribution is -2.30. The summed E-state index contributed by atoms with van der Waals surface area (Å²) in [4.78, 5) is 37.7. The maximum atomic E-state index is 12.7. The number of unbranched alkanes of at least 4 members (excludes halogenated alkanes) is 16. The summed E-state index contributed by atoms with van der Waals surface area (Å²) in [5, 5.41) is 0. The van der Waals surface area contributed by atoms with Crippen molar-refractivity contribution in [1.82, 2.24) is 0 Å². The van der Waals surface area contributed by atoms with Gasteiger partial charge in [0.15, 0.2) is 6.10 Å². The second-order valence-corrected chi connectivity index (χ2v) is 14.6. The molecule has 1 atom stereocenters. The Morgan fingerprint density at radius 2 is 0.745 bits per heavy atom. The zero-order valence-electron chi connectivity index (χ0n) is 35.7. The van der Waals surface area contributed by atoms with Crippen molar-refractivity contribution in [3.8, 4) is 0 Å². The van der Waals surface area contributed by atoms with Gasteiger partial charge in [0.05, 0.1) is 0 Å². The Labute approximate surface area is 338 Å². The minimum atomic E-state index is -0.795. The van der Waals surface area contributed by atoms with E-state index in [0.717, 1.165) is 128 Å². The lowest BCUT2D eigenvalue weighted by molar-refractivity contribution is -0.167. The highest BCUT2D eigenvalue weighted by Gasteiger charge is 2.19. The third kappa shape index (κ3) is 41.8. The number of allylic oxidation sites excluding steroid dienone is 12. The summed E-state index contributed by atoms with van der Waals surface area (Å²) in [6, 6.07) is 0. The van der Waals surface area contributed by atoms with Gasteiger partial charge in [0.25, 0.3) is 0 Å². The van der Waals surface area contributed by atoms with E-state index < -0.39 is 6.10 Å². The predicted octanol–water partition coefficient (Wildman–Crippen LogP) is 14.3. The lowest BCUT2D eigenvalue weighted by Gasteiger charge is -2.18. The Balaban J connectivity index is 4.47. The number of hydrogen-bond acceptors (Lipinski definition) is 6. The molecule has 0 spiro atoms. The molecule has 55 heavy (non-hydrogen) atoms. The van der Waals surface area contributed by atoms with Gasteiger partial charge in [0.2, 0.25) is 0 Å². The van der Waals surface area contributed by atoms with E-state index in [9.17, 15) is 14.4 Å². The largest absolute Gasteiger partial charge is 0.462 e. The fourth-order valence-electron chi connectivity index (χ4n) is 5.77. The Morgan fingerprint density at radius 3 is 1.22 bits per heavy atom. The van der Waals surface area contributed by atoms with Crippen molar-refractivity contribution in [2.45, 2.75) is 207 Å². The van der Waals surface area contributed by atoms with Crippen LogP contribution in [0.2, 0.25) is 0 Å². The van der Waals surface area contributed by atoms with E-state index in [1.54, 1.807) is 0 Å². The van der Waals surface area contributed by atoms with Crippen LogP contribution in [-0.4, -0.2) is 37.2 Å². The van der Waals surface area contributed by atoms with Crippen LogP contribution in [0.3, 0.4) is 0 Å². The SMILES string of the molecule is CC/C=C\C/C=C\C/C=C\CCCCCC(=O)OCC(COC(=O)CCCCCCC/C=C\CCCC)OC(=O)CCCCCCC/C=C\C/C=C\CCC. The van der Waals surface area contributed by atoms with Crippen LogP contribution in [0.25, 0.3) is 0 Å². The molecule has 0 saturated heterocycles. The molecule has 0 amide bonds. The number of esters is 3. The average Bonchev–Trinajstić information content (AvgIpc) is 3.18. The molecule has 0 aliphatic carbocycles. The molecule has 0 aromatic rings. The first-order valence-corrected chi connectivity index (χ1v) is 22.4. The number of rotatable bonds is 39. The molecule has 6 heteroatoms. The summed E-state index contributed by atoms with van der Waals surface area (Å²) in [5.74, 6) is -0.957. The highest BCUT2D eigenvalue weighted by Crippen LogP contribution is 2.12. The van der Waals surface area contributed by atoms with E-state index in [1.165, 1.54) is 32.1 Å². The van der Waals surface area contributed by atoms with Crippen LogP contribution in [0.15, 0.2) is 72.9 Å². The Bertz CT molecular complexity index is 1070. The second-order valence-electron chi connectivity index (χ2n) is 14.6. The first-order chi connectivity index (χ1) is 27.0. The van der Waals surface area contributed by atoms with Crippen LogP contribution in [0.4, 0.5) is 0 Å². The van der Waals surface area contributed by atoms with E-state index in [1.807, 2.05) is 0 Å². The fraction of sp³-hybridized carbons (Fsp3) is 0.694. The summed E-state index contributed by atoms with van der Waals surface area (Å²) in [6.07, 6.45) is 53.1. The third-order valence-corrected chi connectivity index (χ3v) is 9.15. The molecule has 1 unspecified atom stereocenters. The number of carbonyl (C=O) groups excluding carboxylic acids is 3. The van der Waals surface area contributed by atoms with Crippen LogP contribution in [0.5, 0.6) is 0 Å². The molecule has 6 nitrogen and oxygen atoms in total. The monoisotopic (exact) mass is 767 g/mol. The van der Waals surface area contributed by atoms with E-state index in [0.29, 0.717) is 19.3 Å². The topological polar surface area (TPSA) is 78.9 Å². The van der Waals surface area contributed by atoms with Gasteiger partial charge in [-0.1, -0.05) is 158 Å². The fourth-order valence-corrected chi connectivity index (χ4v) is 5.77. The molecule has 0 N–H and O–H groups in total. The van der Waals surface area contributed by atoms with Crippen LogP contribution in [-0.2, 0) is 28.6 Å². The van der Waals surface area contributed by atoms with Gasteiger partial charge in [0, 0.05) is 19.3 Å². The van der Waals surface area contributed by atoms with E-state index in [4.69, 9.17) is 14.2 Å². The Kier molecular flexibility index (Phi) is 41.1. The van der Waals surface area contributed by atoms with Gasteiger partial charge in [-0.3, -0.25) is 14.4 Å². The summed E-state index contributed by atoms with van der Waals surface area (Å²) in [6.45, 7) is 6.35. The van der Waals surface area contributed by atoms with Crippen molar-refractivity contribution in [3.63, 3.8) is 0 Å². The summed E-state index contributed by atoms with van der Waals surface area (Å²) >= 11 is 0. The van der Waals surface area contributed by atoms with Crippen molar-refractivity contribution in [2.24, 2.45) is 0 Å². The van der Waals surface area contributed by atoms with Crippen molar-refractivity contribution in [3.05, 3.63) is 72.9 Å². The highest BCUT2D eigenvalue weighted by atomic mass is 16.6. The van der Waals surface area contributed by atoms with Gasteiger partial charge in [-0.2, -0.15) is 0 Å². The molecule has 0 aromatic heterocycles. The van der Waals surface area contributed by atoms with E-state index >= 15 is 0 Å². The molecule has 0 saturated carbocycles. The molecular weight excluding hydrogens is 685 g/mol. The predicted molar refractivity (Wildman–Crippen MR) is 233 cm³/mol. The summed E-state index contributed by atoms with van der Waals surface area (Å²) in [7, 11) is 0. The van der Waals surface area contributed by atoms with Gasteiger partial charge >= 0.3 is 17.9 Å². The third-order valence-electron chi connectivity index (χ3n) is 9.15. The molecule has 0 radical (unpaired) electrons. The number of carbonyl (C=O) groups is 3. The van der Waals surface area contributed by atoms with Crippen molar-refractivity contribution >= 4 is 17.9 Å². The van der Waals surface area contributed by atoms with Crippen LogP contribution in [0.1, 0.15) is 201 Å². The first kappa shape index (κ1) is 51.9. The molecule has 0 rings (SSSR count). The van der Waals surface area contributed by atoms with Crippen LogP contribution < -0.4 is 0 Å². The van der Waals surface area contributed by atoms with Crippen LogP contribution >= 0.6 is 0 Å². The Morgan fingerprint density at radius 1 is 0.382 bits per heavy atom. The molecule has 314 valence electrons. The quantitative estimate of drug-likeness (QED) is 0.0268. The Hall–Kier alpha value is -3.15. The molecular formula is C49H82O6. The minimum absolute atomic E-state index is 0.0961. The maximum absolute atomic E-state index is 12.7. The number of hydrogen-bond donors (Lipinski definition) is 0. The van der Waals surface area contributed by atoms with Gasteiger partial charge in [-0.05, 0) is 96.3 Å². The maximum Gasteiger partial charge on any atom is 0.306 e. The first-order valence-electron chi connectivity index (χ1n) is 22.4. The highest BCUT2D eigenvalue weighted by molar-refractivity contribution is 5.71. The molecule has 0 heterocycles. The van der Waals surface area contributed by atoms with E-state index in [-0.39, 0.29) is 31.1 Å². The van der Waals surface area contributed by atoms with Crippen molar-refractivity contribution < 1.29 is 28.6 Å². The molecule has 0 aromatic carbocycles. The number of ether oxygens (including phenoxy) is 3. The standard InChI is InChI=1S/C49H82O6/c1-4-7-10-13-16-19-22-24-27-30-33-36-39-42-48(51)54-45-46(44-53-47(50)41-38-35-32-29-26-21-18-15-12-9-6-3)55-49(52)43-40-37-34-31-28-25-23-20-17-14-11-8-5-2/h7,10-11,14-16,18-20,23-24,27,46H,4-6,8-9,12-13,17,21-22,25-26,28-45H2,1-3H3/b10-7-,14-11-,18-15-,19-16-,23-20-,27-24-. The summed E-state index contributed by atoms with van der Waals surface area (Å²) in [5.41, 5.74) is 0. The molecule has 0 aliphatic heterocycles. The zero-order valence-corrected chi connectivity index (χ0v) is 35.7. The molecule has 0 bridgehead atoms. The van der Waals surface area contributed by atoms with Gasteiger partial charge in [-0.25, -0.2) is 0 Å². The lowest BCUT2D eigenvalue weighted by atomic mass is 10.1. The van der Waals surface area contributed by atoms with Crippen molar-refractivity contribution in [1.29, 1.82) is 0 Å². The van der Waals surface area contributed by atoms with Gasteiger partial charge in [-0.15, -0.1) is 0 Å². The van der Waals surface area contributed by atoms with Gasteiger partial charge in [0.1, 0.15) is 13.2 Å². The van der Waals surface area contributed by atoms with Crippen molar-refractivity contribution in [2.75, 3.05) is 13.2 Å². The zero-order chi connectivity index (χ0) is 40.1. The normalized spacial score (nSPS) is 12.7. The van der Waals surface area contributed by atoms with Gasteiger partial charge < -0.3 is 14.2 Å². The van der Waals surface area contributed by atoms with E-state index in [2.05, 4.69) is 93.7 Å². The van der Waals surface area contributed by atoms with Crippen LogP contribution in [0, 0.1) is 0 Å². The molecule has 0 aliphatic rings. The second kappa shape index (κ2) is 43.6. The average molecular weight is 767 g/mol. The minimum Gasteiger partial charge on any atom is -0.462 e. The smallest absolute Gasteiger partial charge is 0.306 e. The molecule has 0 fully saturated rings.